The quantitative estimate of drug-likeness (QED) is 0.722. The van der Waals surface area contributed by atoms with Crippen LogP contribution in [0.3, 0.4) is 0 Å². The molecule has 0 bridgehead atoms. The third-order valence-corrected chi connectivity index (χ3v) is 5.92. The monoisotopic (exact) mass is 301 g/mol. The van der Waals surface area contributed by atoms with Gasteiger partial charge < -0.3 is 5.32 Å². The van der Waals surface area contributed by atoms with E-state index in [0.29, 0.717) is 0 Å². The van der Waals surface area contributed by atoms with Gasteiger partial charge in [0.1, 0.15) is 0 Å². The first-order chi connectivity index (χ1) is 10.4. The number of hydrogen-bond donors (Lipinski definition) is 1. The lowest BCUT2D eigenvalue weighted by molar-refractivity contribution is 0.341. The third kappa shape index (κ3) is 3.67. The molecule has 1 heterocycles. The molecule has 1 aromatic heterocycles. The summed E-state index contributed by atoms with van der Waals surface area (Å²) in [6.07, 6.45) is 9.52. The Kier molecular flexibility index (Phi) is 5.32. The number of rotatable bonds is 7. The molecule has 0 spiro atoms. The third-order valence-electron chi connectivity index (χ3n) is 4.91. The minimum absolute atomic E-state index is 0.728. The summed E-state index contributed by atoms with van der Waals surface area (Å²) in [4.78, 5) is 0. The molecule has 0 radical (unpaired) electrons. The van der Waals surface area contributed by atoms with E-state index in [0.717, 1.165) is 12.0 Å². The van der Waals surface area contributed by atoms with E-state index in [1.807, 2.05) is 11.3 Å². The fraction of sp³-hybridized carbons (Fsp3) is 0.579. The van der Waals surface area contributed by atoms with E-state index in [9.17, 15) is 0 Å². The van der Waals surface area contributed by atoms with Gasteiger partial charge in [-0.3, -0.25) is 0 Å². The van der Waals surface area contributed by atoms with Crippen molar-refractivity contribution in [2.75, 3.05) is 6.54 Å². The predicted molar refractivity (Wildman–Crippen MR) is 94.2 cm³/mol. The number of benzene rings is 1. The van der Waals surface area contributed by atoms with Gasteiger partial charge in [0.2, 0.25) is 0 Å². The average Bonchev–Trinajstić information content (AvgIpc) is 3.17. The summed E-state index contributed by atoms with van der Waals surface area (Å²) in [5.41, 5.74) is 1.55. The zero-order valence-electron chi connectivity index (χ0n) is 13.1. The average molecular weight is 301 g/mol. The highest BCUT2D eigenvalue weighted by atomic mass is 32.1. The van der Waals surface area contributed by atoms with Gasteiger partial charge in [0, 0.05) is 10.7 Å². The Morgan fingerprint density at radius 2 is 2.05 bits per heavy atom. The molecular formula is C19H27NS. The summed E-state index contributed by atoms with van der Waals surface area (Å²) in [7, 11) is 0. The van der Waals surface area contributed by atoms with Crippen molar-refractivity contribution in [2.45, 2.75) is 57.9 Å². The van der Waals surface area contributed by atoms with Crippen LogP contribution in [0.4, 0.5) is 0 Å². The molecule has 2 heteroatoms. The van der Waals surface area contributed by atoms with Crippen molar-refractivity contribution in [1.29, 1.82) is 0 Å². The Bertz CT molecular complexity index is 553. The van der Waals surface area contributed by atoms with Crippen molar-refractivity contribution >= 4 is 21.4 Å². The summed E-state index contributed by atoms with van der Waals surface area (Å²) in [5, 5.41) is 7.67. The fourth-order valence-electron chi connectivity index (χ4n) is 3.73. The van der Waals surface area contributed by atoms with Crippen LogP contribution in [0.5, 0.6) is 0 Å². The van der Waals surface area contributed by atoms with Gasteiger partial charge in [-0.15, -0.1) is 11.3 Å². The molecule has 1 aromatic carbocycles. The van der Waals surface area contributed by atoms with Gasteiger partial charge in [0.15, 0.2) is 0 Å². The van der Waals surface area contributed by atoms with E-state index in [4.69, 9.17) is 0 Å². The Hall–Kier alpha value is -0.860. The molecule has 2 aromatic rings. The Balaban J connectivity index is 1.65. The molecule has 1 atom stereocenters. The van der Waals surface area contributed by atoms with Crippen LogP contribution in [0.15, 0.2) is 29.6 Å². The molecule has 0 saturated heterocycles. The lowest BCUT2D eigenvalue weighted by Gasteiger charge is -2.24. The van der Waals surface area contributed by atoms with E-state index in [-0.39, 0.29) is 0 Å². The summed E-state index contributed by atoms with van der Waals surface area (Å²) >= 11 is 1.90. The lowest BCUT2D eigenvalue weighted by atomic mass is 9.92. The van der Waals surface area contributed by atoms with Crippen molar-refractivity contribution in [3.05, 3.63) is 35.2 Å². The summed E-state index contributed by atoms with van der Waals surface area (Å²) in [6.45, 7) is 3.44. The summed E-state index contributed by atoms with van der Waals surface area (Å²) < 4.78 is 1.44. The highest BCUT2D eigenvalue weighted by molar-refractivity contribution is 7.17. The SMILES string of the molecule is CCCNC(CCc1csc2ccccc12)C1CCCC1. The van der Waals surface area contributed by atoms with E-state index >= 15 is 0 Å². The van der Waals surface area contributed by atoms with Crippen LogP contribution in [0.2, 0.25) is 0 Å². The predicted octanol–water partition coefficient (Wildman–Crippen LogP) is 5.39. The summed E-state index contributed by atoms with van der Waals surface area (Å²) in [6, 6.07) is 9.57. The standard InChI is InChI=1S/C19H27NS/c1-2-13-20-18(15-7-3-4-8-15)12-11-16-14-21-19-10-6-5-9-17(16)19/h5-6,9-10,14-15,18,20H,2-4,7-8,11-13H2,1H3. The molecule has 3 rings (SSSR count). The molecule has 1 saturated carbocycles. The molecule has 1 aliphatic carbocycles. The molecule has 1 fully saturated rings. The highest BCUT2D eigenvalue weighted by Crippen LogP contribution is 2.31. The topological polar surface area (TPSA) is 12.0 Å². The molecule has 1 nitrogen and oxygen atoms in total. The zero-order valence-corrected chi connectivity index (χ0v) is 13.9. The molecule has 0 aliphatic heterocycles. The highest BCUT2D eigenvalue weighted by Gasteiger charge is 2.24. The second kappa shape index (κ2) is 7.42. The molecule has 1 N–H and O–H groups in total. The maximum Gasteiger partial charge on any atom is 0.0345 e. The first kappa shape index (κ1) is 15.1. The van der Waals surface area contributed by atoms with Crippen molar-refractivity contribution in [1.82, 2.24) is 5.32 Å². The Morgan fingerprint density at radius 1 is 1.24 bits per heavy atom. The molecule has 1 unspecified atom stereocenters. The number of thiophene rings is 1. The van der Waals surface area contributed by atoms with Crippen LogP contribution in [0.25, 0.3) is 10.1 Å². The van der Waals surface area contributed by atoms with Crippen molar-refractivity contribution in [3.63, 3.8) is 0 Å². The largest absolute Gasteiger partial charge is 0.314 e. The Morgan fingerprint density at radius 3 is 2.86 bits per heavy atom. The number of aryl methyl sites for hydroxylation is 1. The van der Waals surface area contributed by atoms with E-state index in [1.54, 1.807) is 5.56 Å². The van der Waals surface area contributed by atoms with Crippen LogP contribution in [-0.2, 0) is 6.42 Å². The first-order valence-corrected chi connectivity index (χ1v) is 9.45. The summed E-state index contributed by atoms with van der Waals surface area (Å²) in [5.74, 6) is 0.918. The smallest absolute Gasteiger partial charge is 0.0345 e. The number of hydrogen-bond acceptors (Lipinski definition) is 2. The van der Waals surface area contributed by atoms with Crippen LogP contribution < -0.4 is 5.32 Å². The minimum Gasteiger partial charge on any atom is -0.314 e. The minimum atomic E-state index is 0.728. The van der Waals surface area contributed by atoms with Crippen LogP contribution in [-0.4, -0.2) is 12.6 Å². The second-order valence-corrected chi connectivity index (χ2v) is 7.31. The van der Waals surface area contributed by atoms with Gasteiger partial charge in [0.25, 0.3) is 0 Å². The van der Waals surface area contributed by atoms with Gasteiger partial charge >= 0.3 is 0 Å². The van der Waals surface area contributed by atoms with Crippen LogP contribution in [0.1, 0.15) is 51.0 Å². The molecule has 1 aliphatic rings. The first-order valence-electron chi connectivity index (χ1n) is 8.57. The Labute approximate surface area is 132 Å². The molecule has 114 valence electrons. The molecule has 21 heavy (non-hydrogen) atoms. The maximum atomic E-state index is 3.83. The fourth-order valence-corrected chi connectivity index (χ4v) is 4.73. The van der Waals surface area contributed by atoms with Gasteiger partial charge in [-0.1, -0.05) is 38.0 Å². The number of nitrogens with one attached hydrogen (secondary N) is 1. The van der Waals surface area contributed by atoms with E-state index in [2.05, 4.69) is 41.9 Å². The maximum absolute atomic E-state index is 3.83. The van der Waals surface area contributed by atoms with Crippen molar-refractivity contribution in [3.8, 4) is 0 Å². The van der Waals surface area contributed by atoms with Crippen LogP contribution in [0, 0.1) is 5.92 Å². The van der Waals surface area contributed by atoms with Crippen LogP contribution >= 0.6 is 11.3 Å². The van der Waals surface area contributed by atoms with Gasteiger partial charge in [0.05, 0.1) is 0 Å². The van der Waals surface area contributed by atoms with E-state index in [1.165, 1.54) is 61.6 Å². The molecule has 0 amide bonds. The van der Waals surface area contributed by atoms with Gasteiger partial charge in [-0.2, -0.15) is 0 Å². The van der Waals surface area contributed by atoms with E-state index < -0.39 is 0 Å². The second-order valence-electron chi connectivity index (χ2n) is 6.40. The van der Waals surface area contributed by atoms with Gasteiger partial charge in [-0.05, 0) is 67.0 Å². The zero-order chi connectivity index (χ0) is 14.5. The van der Waals surface area contributed by atoms with Crippen molar-refractivity contribution < 1.29 is 0 Å². The van der Waals surface area contributed by atoms with Crippen molar-refractivity contribution in [2.24, 2.45) is 5.92 Å². The number of fused-ring (bicyclic) bond motifs is 1. The van der Waals surface area contributed by atoms with Gasteiger partial charge in [-0.25, -0.2) is 0 Å². The molecular weight excluding hydrogens is 274 g/mol. The lowest BCUT2D eigenvalue weighted by Crippen LogP contribution is -2.36. The normalized spacial score (nSPS) is 17.6.